The highest BCUT2D eigenvalue weighted by molar-refractivity contribution is 7.99. The molecule has 2 N–H and O–H groups in total. The Balaban J connectivity index is 1.57. The van der Waals surface area contributed by atoms with Crippen LogP contribution in [0.25, 0.3) is 0 Å². The van der Waals surface area contributed by atoms with E-state index in [2.05, 4.69) is 20.6 Å². The quantitative estimate of drug-likeness (QED) is 0.519. The van der Waals surface area contributed by atoms with E-state index in [-0.39, 0.29) is 5.91 Å². The number of thioether (sulfide) groups is 2. The second kappa shape index (κ2) is 10.1. The zero-order valence-corrected chi connectivity index (χ0v) is 17.4. The molecule has 144 valence electrons. The molecule has 2 heterocycles. The fourth-order valence-electron chi connectivity index (χ4n) is 2.62. The summed E-state index contributed by atoms with van der Waals surface area (Å²) in [5, 5.41) is 7.95. The molecule has 1 aromatic carbocycles. The number of hydrogen-bond donors (Lipinski definition) is 2. The van der Waals surface area contributed by atoms with Gasteiger partial charge in [-0.2, -0.15) is 0 Å². The Morgan fingerprint density at radius 3 is 2.43 bits per heavy atom. The average Bonchev–Trinajstić information content (AvgIpc) is 2.75. The van der Waals surface area contributed by atoms with Gasteiger partial charge in [-0.25, -0.2) is 4.98 Å². The number of nitrogens with zero attached hydrogens (tertiary/aromatic N) is 2. The van der Waals surface area contributed by atoms with Crippen LogP contribution >= 0.6 is 23.5 Å². The molecule has 0 aliphatic heterocycles. The molecular weight excluding hydrogens is 388 g/mol. The van der Waals surface area contributed by atoms with Crippen LogP contribution < -0.4 is 10.6 Å². The second-order valence-electron chi connectivity index (χ2n) is 5.94. The summed E-state index contributed by atoms with van der Waals surface area (Å²) in [5.74, 6) is -0.152. The SMILES string of the molecule is CSc1ccc(C(=O)Nc2ccc(NCCc3ccccn3)cc2)c(SC)n1. The summed E-state index contributed by atoms with van der Waals surface area (Å²) in [6, 6.07) is 17.3. The summed E-state index contributed by atoms with van der Waals surface area (Å²) >= 11 is 3.04. The van der Waals surface area contributed by atoms with Gasteiger partial charge in [-0.3, -0.25) is 9.78 Å². The number of nitrogens with one attached hydrogen (secondary N) is 2. The number of anilines is 2. The van der Waals surface area contributed by atoms with Gasteiger partial charge in [-0.1, -0.05) is 6.07 Å². The highest BCUT2D eigenvalue weighted by Crippen LogP contribution is 2.23. The van der Waals surface area contributed by atoms with Crippen LogP contribution in [0.15, 0.2) is 70.8 Å². The Kier molecular flexibility index (Phi) is 7.33. The van der Waals surface area contributed by atoms with Crippen LogP contribution in [-0.2, 0) is 6.42 Å². The van der Waals surface area contributed by atoms with Crippen molar-refractivity contribution in [3.8, 4) is 0 Å². The third kappa shape index (κ3) is 5.50. The highest BCUT2D eigenvalue weighted by Gasteiger charge is 2.13. The normalized spacial score (nSPS) is 10.5. The van der Waals surface area contributed by atoms with Crippen LogP contribution in [0, 0.1) is 0 Å². The van der Waals surface area contributed by atoms with E-state index in [0.717, 1.165) is 40.1 Å². The maximum atomic E-state index is 12.6. The first-order valence-corrected chi connectivity index (χ1v) is 11.3. The minimum absolute atomic E-state index is 0.152. The van der Waals surface area contributed by atoms with E-state index in [1.165, 1.54) is 11.8 Å². The molecule has 0 atom stereocenters. The number of aromatic nitrogens is 2. The molecule has 3 rings (SSSR count). The molecular formula is C21H22N4OS2. The summed E-state index contributed by atoms with van der Waals surface area (Å²) in [4.78, 5) is 21.4. The molecule has 7 heteroatoms. The highest BCUT2D eigenvalue weighted by atomic mass is 32.2. The molecule has 0 saturated carbocycles. The molecule has 0 aliphatic rings. The summed E-state index contributed by atoms with van der Waals surface area (Å²) < 4.78 is 0. The van der Waals surface area contributed by atoms with Crippen LogP contribution in [0.2, 0.25) is 0 Å². The van der Waals surface area contributed by atoms with Crippen molar-refractivity contribution in [1.29, 1.82) is 0 Å². The number of carbonyl (C=O) groups excluding carboxylic acids is 1. The molecule has 0 bridgehead atoms. The number of hydrogen-bond acceptors (Lipinski definition) is 6. The first-order chi connectivity index (χ1) is 13.7. The van der Waals surface area contributed by atoms with E-state index in [1.807, 2.05) is 67.1 Å². The third-order valence-electron chi connectivity index (χ3n) is 4.06. The standard InChI is InChI=1S/C21H22N4OS2/c1-27-19-11-10-18(21(25-19)28-2)20(26)24-17-8-6-16(7-9-17)23-14-12-15-5-3-4-13-22-15/h3-11,13,23H,12,14H2,1-2H3,(H,24,26). The van der Waals surface area contributed by atoms with Gasteiger partial charge in [0.1, 0.15) is 5.03 Å². The van der Waals surface area contributed by atoms with Gasteiger partial charge in [0.25, 0.3) is 5.91 Å². The number of rotatable bonds is 8. The predicted octanol–water partition coefficient (Wildman–Crippen LogP) is 4.83. The zero-order valence-electron chi connectivity index (χ0n) is 15.8. The number of benzene rings is 1. The monoisotopic (exact) mass is 410 g/mol. The Morgan fingerprint density at radius 1 is 0.964 bits per heavy atom. The first kappa shape index (κ1) is 20.2. The van der Waals surface area contributed by atoms with Crippen molar-refractivity contribution >= 4 is 40.8 Å². The summed E-state index contributed by atoms with van der Waals surface area (Å²) in [7, 11) is 0. The zero-order chi connectivity index (χ0) is 19.8. The fourth-order valence-corrected chi connectivity index (χ4v) is 3.63. The van der Waals surface area contributed by atoms with Gasteiger partial charge in [-0.15, -0.1) is 23.5 Å². The van der Waals surface area contributed by atoms with Gasteiger partial charge in [0.15, 0.2) is 0 Å². The van der Waals surface area contributed by atoms with Gasteiger partial charge in [0, 0.05) is 36.2 Å². The van der Waals surface area contributed by atoms with Crippen LogP contribution in [0.4, 0.5) is 11.4 Å². The minimum Gasteiger partial charge on any atom is -0.385 e. The largest absolute Gasteiger partial charge is 0.385 e. The molecule has 0 spiro atoms. The molecule has 0 radical (unpaired) electrons. The smallest absolute Gasteiger partial charge is 0.258 e. The molecule has 28 heavy (non-hydrogen) atoms. The first-order valence-electron chi connectivity index (χ1n) is 8.84. The predicted molar refractivity (Wildman–Crippen MR) is 119 cm³/mol. The van der Waals surface area contributed by atoms with Crippen molar-refractivity contribution in [2.75, 3.05) is 29.7 Å². The van der Waals surface area contributed by atoms with Crippen LogP contribution in [0.3, 0.4) is 0 Å². The van der Waals surface area contributed by atoms with Gasteiger partial charge in [0.05, 0.1) is 10.6 Å². The number of pyridine rings is 2. The van der Waals surface area contributed by atoms with Crippen molar-refractivity contribution in [1.82, 2.24) is 9.97 Å². The lowest BCUT2D eigenvalue weighted by Gasteiger charge is -2.10. The second-order valence-corrected chi connectivity index (χ2v) is 7.56. The van der Waals surface area contributed by atoms with Crippen molar-refractivity contribution in [3.05, 3.63) is 72.1 Å². The maximum Gasteiger partial charge on any atom is 0.258 e. The summed E-state index contributed by atoms with van der Waals surface area (Å²) in [5.41, 5.74) is 3.40. The lowest BCUT2D eigenvalue weighted by Crippen LogP contribution is -2.14. The Bertz CT molecular complexity index is 917. The van der Waals surface area contributed by atoms with Crippen LogP contribution in [0.1, 0.15) is 16.1 Å². The van der Waals surface area contributed by atoms with Crippen molar-refractivity contribution in [3.63, 3.8) is 0 Å². The van der Waals surface area contributed by atoms with Gasteiger partial charge in [-0.05, 0) is 61.0 Å². The molecule has 5 nitrogen and oxygen atoms in total. The van der Waals surface area contributed by atoms with Gasteiger partial charge < -0.3 is 10.6 Å². The summed E-state index contributed by atoms with van der Waals surface area (Å²) in [6.45, 7) is 0.799. The average molecular weight is 411 g/mol. The Labute approximate surface area is 173 Å². The number of carbonyl (C=O) groups is 1. The van der Waals surface area contributed by atoms with E-state index in [1.54, 1.807) is 18.0 Å². The van der Waals surface area contributed by atoms with Crippen LogP contribution in [0.5, 0.6) is 0 Å². The van der Waals surface area contributed by atoms with Gasteiger partial charge >= 0.3 is 0 Å². The Hall–Kier alpha value is -2.51. The third-order valence-corrected chi connectivity index (χ3v) is 5.40. The van der Waals surface area contributed by atoms with Gasteiger partial charge in [0.2, 0.25) is 0 Å². The minimum atomic E-state index is -0.152. The summed E-state index contributed by atoms with van der Waals surface area (Å²) in [6.07, 6.45) is 6.56. The van der Waals surface area contributed by atoms with E-state index < -0.39 is 0 Å². The van der Waals surface area contributed by atoms with E-state index in [0.29, 0.717) is 5.56 Å². The molecule has 0 unspecified atom stereocenters. The maximum absolute atomic E-state index is 12.6. The lowest BCUT2D eigenvalue weighted by atomic mass is 10.2. The molecule has 3 aromatic rings. The van der Waals surface area contributed by atoms with E-state index in [4.69, 9.17) is 0 Å². The van der Waals surface area contributed by atoms with E-state index >= 15 is 0 Å². The molecule has 0 saturated heterocycles. The molecule has 0 fully saturated rings. The fraction of sp³-hybridized carbons (Fsp3) is 0.190. The van der Waals surface area contributed by atoms with Crippen molar-refractivity contribution < 1.29 is 4.79 Å². The van der Waals surface area contributed by atoms with Crippen LogP contribution in [-0.4, -0.2) is 34.9 Å². The lowest BCUT2D eigenvalue weighted by molar-refractivity contribution is 0.102. The molecule has 1 amide bonds. The molecule has 0 aliphatic carbocycles. The van der Waals surface area contributed by atoms with E-state index in [9.17, 15) is 4.79 Å². The van der Waals surface area contributed by atoms with Crippen molar-refractivity contribution in [2.24, 2.45) is 0 Å². The number of amides is 1. The molecule has 2 aromatic heterocycles. The topological polar surface area (TPSA) is 66.9 Å². The Morgan fingerprint density at radius 2 is 1.75 bits per heavy atom. The van der Waals surface area contributed by atoms with Crippen molar-refractivity contribution in [2.45, 2.75) is 16.5 Å².